The highest BCUT2D eigenvalue weighted by Gasteiger charge is 2.26. The van der Waals surface area contributed by atoms with E-state index in [0.717, 1.165) is 25.9 Å². The summed E-state index contributed by atoms with van der Waals surface area (Å²) in [6.07, 6.45) is 2.28. The summed E-state index contributed by atoms with van der Waals surface area (Å²) in [5.74, 6) is 0.148. The van der Waals surface area contributed by atoms with Crippen LogP contribution >= 0.6 is 0 Å². The van der Waals surface area contributed by atoms with Gasteiger partial charge in [0.05, 0.1) is 12.2 Å². The fraction of sp³-hybridized carbons (Fsp3) is 0.533. The van der Waals surface area contributed by atoms with Gasteiger partial charge in [0.2, 0.25) is 5.91 Å². The van der Waals surface area contributed by atoms with E-state index in [-0.39, 0.29) is 18.1 Å². The number of benzene rings is 1. The van der Waals surface area contributed by atoms with Crippen molar-refractivity contribution in [2.45, 2.75) is 38.9 Å². The van der Waals surface area contributed by atoms with Gasteiger partial charge in [-0.25, -0.2) is 0 Å². The van der Waals surface area contributed by atoms with Crippen LogP contribution in [0.2, 0.25) is 0 Å². The lowest BCUT2D eigenvalue weighted by Gasteiger charge is -2.36. The van der Waals surface area contributed by atoms with Crippen molar-refractivity contribution in [2.75, 3.05) is 13.1 Å². The maximum atomic E-state index is 11.4. The molecule has 18 heavy (non-hydrogen) atoms. The number of hydrogen-bond acceptors (Lipinski definition) is 2. The van der Waals surface area contributed by atoms with E-state index in [1.807, 2.05) is 17.9 Å². The SMILES string of the molecule is CC(=O)N1CC(C)OC(CCc2ccccc2)C1. The molecule has 1 heterocycles. The van der Waals surface area contributed by atoms with Crippen molar-refractivity contribution in [1.29, 1.82) is 0 Å². The minimum absolute atomic E-state index is 0.142. The van der Waals surface area contributed by atoms with Crippen molar-refractivity contribution in [3.05, 3.63) is 35.9 Å². The summed E-state index contributed by atoms with van der Waals surface area (Å²) in [7, 11) is 0. The average molecular weight is 247 g/mol. The Balaban J connectivity index is 1.87. The molecule has 0 radical (unpaired) electrons. The summed E-state index contributed by atoms with van der Waals surface area (Å²) in [6, 6.07) is 10.4. The number of carbonyl (C=O) groups is 1. The first kappa shape index (κ1) is 13.1. The summed E-state index contributed by atoms with van der Waals surface area (Å²) in [5, 5.41) is 0. The van der Waals surface area contributed by atoms with Crippen LogP contribution in [0.3, 0.4) is 0 Å². The Labute approximate surface area is 109 Å². The molecule has 1 fully saturated rings. The molecule has 3 nitrogen and oxygen atoms in total. The minimum atomic E-state index is 0.142. The molecule has 0 bridgehead atoms. The van der Waals surface area contributed by atoms with E-state index in [9.17, 15) is 4.79 Å². The third-order valence-corrected chi connectivity index (χ3v) is 3.37. The number of nitrogens with zero attached hydrogens (tertiary/aromatic N) is 1. The monoisotopic (exact) mass is 247 g/mol. The summed E-state index contributed by atoms with van der Waals surface area (Å²) in [6.45, 7) is 5.11. The van der Waals surface area contributed by atoms with Gasteiger partial charge in [-0.3, -0.25) is 4.79 Å². The van der Waals surface area contributed by atoms with Crippen LogP contribution in [0.15, 0.2) is 30.3 Å². The van der Waals surface area contributed by atoms with Gasteiger partial charge in [-0.1, -0.05) is 30.3 Å². The molecule has 0 N–H and O–H groups in total. The van der Waals surface area contributed by atoms with Gasteiger partial charge in [0.1, 0.15) is 0 Å². The molecule has 0 saturated carbocycles. The van der Waals surface area contributed by atoms with Crippen LogP contribution in [-0.4, -0.2) is 36.1 Å². The standard InChI is InChI=1S/C15H21NO2/c1-12-10-16(13(2)17)11-15(18-12)9-8-14-6-4-3-5-7-14/h3-7,12,15H,8-11H2,1-2H3. The summed E-state index contributed by atoms with van der Waals surface area (Å²) >= 11 is 0. The van der Waals surface area contributed by atoms with Crippen molar-refractivity contribution >= 4 is 5.91 Å². The predicted molar refractivity (Wildman–Crippen MR) is 71.4 cm³/mol. The van der Waals surface area contributed by atoms with E-state index >= 15 is 0 Å². The number of carbonyl (C=O) groups excluding carboxylic acids is 1. The first-order valence-corrected chi connectivity index (χ1v) is 6.60. The fourth-order valence-electron chi connectivity index (χ4n) is 2.43. The second-order valence-corrected chi connectivity index (χ2v) is 5.02. The van der Waals surface area contributed by atoms with Crippen LogP contribution in [0.4, 0.5) is 0 Å². The highest BCUT2D eigenvalue weighted by Crippen LogP contribution is 2.16. The Bertz CT molecular complexity index is 391. The molecule has 1 aliphatic rings. The Morgan fingerprint density at radius 3 is 2.72 bits per heavy atom. The van der Waals surface area contributed by atoms with Crippen molar-refractivity contribution in [2.24, 2.45) is 0 Å². The smallest absolute Gasteiger partial charge is 0.219 e. The van der Waals surface area contributed by atoms with Crippen molar-refractivity contribution in [3.8, 4) is 0 Å². The van der Waals surface area contributed by atoms with Crippen molar-refractivity contribution < 1.29 is 9.53 Å². The molecule has 0 aromatic heterocycles. The maximum absolute atomic E-state index is 11.4. The van der Waals surface area contributed by atoms with Crippen molar-refractivity contribution in [1.82, 2.24) is 4.90 Å². The summed E-state index contributed by atoms with van der Waals surface area (Å²) < 4.78 is 5.89. The molecule has 1 amide bonds. The summed E-state index contributed by atoms with van der Waals surface area (Å²) in [4.78, 5) is 13.3. The van der Waals surface area contributed by atoms with Gasteiger partial charge in [-0.05, 0) is 25.3 Å². The van der Waals surface area contributed by atoms with E-state index in [1.165, 1.54) is 5.56 Å². The number of amides is 1. The Hall–Kier alpha value is -1.35. The van der Waals surface area contributed by atoms with E-state index in [2.05, 4.69) is 24.3 Å². The normalized spacial score (nSPS) is 24.0. The van der Waals surface area contributed by atoms with Crippen LogP contribution < -0.4 is 0 Å². The van der Waals surface area contributed by atoms with Crippen LogP contribution in [0, 0.1) is 0 Å². The van der Waals surface area contributed by atoms with Gasteiger partial charge in [0.15, 0.2) is 0 Å². The molecule has 2 rings (SSSR count). The molecule has 3 heteroatoms. The Morgan fingerprint density at radius 2 is 2.06 bits per heavy atom. The lowest BCUT2D eigenvalue weighted by molar-refractivity contribution is -0.142. The number of rotatable bonds is 3. The summed E-state index contributed by atoms with van der Waals surface area (Å²) in [5.41, 5.74) is 1.33. The van der Waals surface area contributed by atoms with E-state index in [1.54, 1.807) is 6.92 Å². The van der Waals surface area contributed by atoms with Gasteiger partial charge >= 0.3 is 0 Å². The first-order chi connectivity index (χ1) is 8.65. The lowest BCUT2D eigenvalue weighted by atomic mass is 10.1. The van der Waals surface area contributed by atoms with Crippen LogP contribution in [0.1, 0.15) is 25.8 Å². The number of ether oxygens (including phenoxy) is 1. The predicted octanol–water partition coefficient (Wildman–Crippen LogP) is 2.26. The molecular formula is C15H21NO2. The minimum Gasteiger partial charge on any atom is -0.372 e. The number of hydrogen-bond donors (Lipinski definition) is 0. The number of aryl methyl sites for hydroxylation is 1. The van der Waals surface area contributed by atoms with Crippen LogP contribution in [-0.2, 0) is 16.0 Å². The van der Waals surface area contributed by atoms with Gasteiger partial charge in [-0.15, -0.1) is 0 Å². The van der Waals surface area contributed by atoms with E-state index in [0.29, 0.717) is 0 Å². The zero-order chi connectivity index (χ0) is 13.0. The van der Waals surface area contributed by atoms with Crippen LogP contribution in [0.5, 0.6) is 0 Å². The van der Waals surface area contributed by atoms with E-state index < -0.39 is 0 Å². The molecule has 1 aliphatic heterocycles. The lowest BCUT2D eigenvalue weighted by Crippen LogP contribution is -2.48. The second-order valence-electron chi connectivity index (χ2n) is 5.02. The fourth-order valence-corrected chi connectivity index (χ4v) is 2.43. The highest BCUT2D eigenvalue weighted by molar-refractivity contribution is 5.73. The van der Waals surface area contributed by atoms with Crippen molar-refractivity contribution in [3.63, 3.8) is 0 Å². The van der Waals surface area contributed by atoms with Gasteiger partial charge < -0.3 is 9.64 Å². The Morgan fingerprint density at radius 1 is 1.33 bits per heavy atom. The zero-order valence-corrected chi connectivity index (χ0v) is 11.1. The van der Waals surface area contributed by atoms with Gasteiger partial charge in [0, 0.05) is 20.0 Å². The molecule has 0 spiro atoms. The third kappa shape index (κ3) is 3.57. The van der Waals surface area contributed by atoms with Gasteiger partial charge in [-0.2, -0.15) is 0 Å². The zero-order valence-electron chi connectivity index (χ0n) is 11.1. The van der Waals surface area contributed by atoms with Crippen LogP contribution in [0.25, 0.3) is 0 Å². The molecular weight excluding hydrogens is 226 g/mol. The molecule has 98 valence electrons. The first-order valence-electron chi connectivity index (χ1n) is 6.60. The van der Waals surface area contributed by atoms with Gasteiger partial charge in [0.25, 0.3) is 0 Å². The third-order valence-electron chi connectivity index (χ3n) is 3.37. The topological polar surface area (TPSA) is 29.5 Å². The molecule has 1 aromatic carbocycles. The molecule has 0 aliphatic carbocycles. The molecule has 2 atom stereocenters. The molecule has 1 aromatic rings. The quantitative estimate of drug-likeness (QED) is 0.820. The average Bonchev–Trinajstić information content (AvgIpc) is 2.37. The highest BCUT2D eigenvalue weighted by atomic mass is 16.5. The molecule has 2 unspecified atom stereocenters. The Kier molecular flexibility index (Phi) is 4.37. The maximum Gasteiger partial charge on any atom is 0.219 e. The second kappa shape index (κ2) is 6.01. The molecule has 1 saturated heterocycles. The largest absolute Gasteiger partial charge is 0.372 e. The number of morpholine rings is 1. The van der Waals surface area contributed by atoms with E-state index in [4.69, 9.17) is 4.74 Å².